The van der Waals surface area contributed by atoms with Crippen LogP contribution in [0.2, 0.25) is 0 Å². The van der Waals surface area contributed by atoms with E-state index in [9.17, 15) is 13.2 Å². The van der Waals surface area contributed by atoms with Gasteiger partial charge in [0.25, 0.3) is 0 Å². The predicted octanol–water partition coefficient (Wildman–Crippen LogP) is 2.46. The summed E-state index contributed by atoms with van der Waals surface area (Å²) in [6, 6.07) is 0.719. The Hall–Kier alpha value is -1.94. The molecule has 0 saturated carbocycles. The number of aromatic nitrogens is 3. The lowest BCUT2D eigenvalue weighted by atomic mass is 10.2. The predicted molar refractivity (Wildman–Crippen MR) is 85.6 cm³/mol. The third-order valence-electron chi connectivity index (χ3n) is 3.93. The van der Waals surface area contributed by atoms with Crippen LogP contribution in [-0.2, 0) is 6.18 Å². The molecular weight excluding hydrogens is 341 g/mol. The molecule has 3 heterocycles. The standard InChI is InChI=1S/C14H17F3N6S/c1-4-24-12-11(21(2)22(3)13(12)18)8-6-23-7-19-9(14(15,16)17)5-10(23)20-8/h5-7,11H,4,18H2,1-3H3. The molecule has 130 valence electrons. The van der Waals surface area contributed by atoms with Crippen LogP contribution in [-0.4, -0.2) is 44.2 Å². The number of nitrogens with two attached hydrogens (primary N) is 1. The van der Waals surface area contributed by atoms with E-state index in [1.807, 2.05) is 31.0 Å². The van der Waals surface area contributed by atoms with Gasteiger partial charge in [0.2, 0.25) is 0 Å². The van der Waals surface area contributed by atoms with Crippen molar-refractivity contribution in [1.29, 1.82) is 0 Å². The highest BCUT2D eigenvalue weighted by atomic mass is 32.2. The van der Waals surface area contributed by atoms with Gasteiger partial charge in [0, 0.05) is 26.4 Å². The number of rotatable bonds is 3. The van der Waals surface area contributed by atoms with Gasteiger partial charge in [-0.1, -0.05) is 6.92 Å². The molecule has 0 aliphatic carbocycles. The van der Waals surface area contributed by atoms with Crippen LogP contribution in [0, 0.1) is 0 Å². The Morgan fingerprint density at radius 1 is 1.33 bits per heavy atom. The summed E-state index contributed by atoms with van der Waals surface area (Å²) in [7, 11) is 3.70. The second-order valence-electron chi connectivity index (χ2n) is 5.39. The quantitative estimate of drug-likeness (QED) is 0.909. The second-order valence-corrected chi connectivity index (χ2v) is 6.69. The van der Waals surface area contributed by atoms with Crippen LogP contribution in [0.5, 0.6) is 0 Å². The summed E-state index contributed by atoms with van der Waals surface area (Å²) in [5.41, 5.74) is 6.02. The molecule has 0 spiro atoms. The average molecular weight is 358 g/mol. The highest BCUT2D eigenvalue weighted by molar-refractivity contribution is 8.03. The Kier molecular flexibility index (Phi) is 4.12. The van der Waals surface area contributed by atoms with E-state index in [-0.39, 0.29) is 11.7 Å². The number of halogens is 3. The number of likely N-dealkylation sites (N-methyl/N-ethyl adjacent to an activating group) is 1. The number of alkyl halides is 3. The smallest absolute Gasteiger partial charge is 0.384 e. The van der Waals surface area contributed by atoms with E-state index >= 15 is 0 Å². The summed E-state index contributed by atoms with van der Waals surface area (Å²) in [6.07, 6.45) is -1.68. The van der Waals surface area contributed by atoms with Crippen molar-refractivity contribution in [2.45, 2.75) is 19.1 Å². The number of hydrazine groups is 1. The first-order chi connectivity index (χ1) is 11.2. The Morgan fingerprint density at radius 2 is 2.04 bits per heavy atom. The van der Waals surface area contributed by atoms with Crippen LogP contribution in [0.3, 0.4) is 0 Å². The lowest BCUT2D eigenvalue weighted by Gasteiger charge is -2.26. The third kappa shape index (κ3) is 2.69. The van der Waals surface area contributed by atoms with Gasteiger partial charge in [-0.2, -0.15) is 13.2 Å². The normalized spacial score (nSPS) is 19.8. The molecule has 1 aliphatic heterocycles. The van der Waals surface area contributed by atoms with E-state index in [4.69, 9.17) is 5.73 Å². The lowest BCUT2D eigenvalue weighted by Crippen LogP contribution is -2.34. The molecular formula is C14H17F3N6S. The molecule has 0 saturated heterocycles. The zero-order valence-corrected chi connectivity index (χ0v) is 14.2. The highest BCUT2D eigenvalue weighted by Crippen LogP contribution is 2.42. The van der Waals surface area contributed by atoms with Crippen LogP contribution in [0.15, 0.2) is 29.3 Å². The van der Waals surface area contributed by atoms with Gasteiger partial charge < -0.3 is 5.73 Å². The fourth-order valence-corrected chi connectivity index (χ4v) is 3.67. The van der Waals surface area contributed by atoms with Crippen molar-refractivity contribution in [3.05, 3.63) is 40.7 Å². The lowest BCUT2D eigenvalue weighted by molar-refractivity contribution is -0.141. The highest BCUT2D eigenvalue weighted by Gasteiger charge is 2.37. The van der Waals surface area contributed by atoms with Crippen molar-refractivity contribution in [2.75, 3.05) is 19.8 Å². The first kappa shape index (κ1) is 16.9. The minimum Gasteiger partial charge on any atom is -0.384 e. The van der Waals surface area contributed by atoms with Gasteiger partial charge in [-0.25, -0.2) is 15.0 Å². The van der Waals surface area contributed by atoms with Crippen LogP contribution >= 0.6 is 11.8 Å². The molecule has 0 radical (unpaired) electrons. The van der Waals surface area contributed by atoms with E-state index < -0.39 is 11.9 Å². The molecule has 3 rings (SSSR count). The topological polar surface area (TPSA) is 62.7 Å². The Morgan fingerprint density at radius 3 is 2.67 bits per heavy atom. The molecule has 2 aromatic heterocycles. The molecule has 0 fully saturated rings. The molecule has 2 aromatic rings. The van der Waals surface area contributed by atoms with Crippen molar-refractivity contribution in [3.8, 4) is 0 Å². The van der Waals surface area contributed by atoms with E-state index in [2.05, 4.69) is 9.97 Å². The molecule has 1 atom stereocenters. The number of nitrogens with zero attached hydrogens (tertiary/aromatic N) is 5. The monoisotopic (exact) mass is 358 g/mol. The average Bonchev–Trinajstić information content (AvgIpc) is 3.01. The Labute approximate surface area is 141 Å². The van der Waals surface area contributed by atoms with Gasteiger partial charge in [-0.15, -0.1) is 11.8 Å². The van der Waals surface area contributed by atoms with Crippen LogP contribution in [0.1, 0.15) is 24.4 Å². The molecule has 1 aliphatic rings. The van der Waals surface area contributed by atoms with Crippen LogP contribution in [0.25, 0.3) is 5.65 Å². The van der Waals surface area contributed by atoms with Crippen molar-refractivity contribution < 1.29 is 13.2 Å². The fraction of sp³-hybridized carbons (Fsp3) is 0.429. The number of imidazole rings is 1. The largest absolute Gasteiger partial charge is 0.433 e. The van der Waals surface area contributed by atoms with Gasteiger partial charge in [-0.05, 0) is 5.75 Å². The Balaban J connectivity index is 2.05. The van der Waals surface area contributed by atoms with Crippen molar-refractivity contribution in [3.63, 3.8) is 0 Å². The van der Waals surface area contributed by atoms with Gasteiger partial charge in [0.05, 0.1) is 10.6 Å². The van der Waals surface area contributed by atoms with Crippen molar-refractivity contribution in [2.24, 2.45) is 5.73 Å². The summed E-state index contributed by atoms with van der Waals surface area (Å²) in [5, 5.41) is 3.72. The summed E-state index contributed by atoms with van der Waals surface area (Å²) in [4.78, 5) is 8.77. The van der Waals surface area contributed by atoms with E-state index in [0.29, 0.717) is 11.5 Å². The van der Waals surface area contributed by atoms with E-state index in [1.54, 1.807) is 18.0 Å². The van der Waals surface area contributed by atoms with Gasteiger partial charge in [0.15, 0.2) is 0 Å². The first-order valence-electron chi connectivity index (χ1n) is 7.24. The zero-order valence-electron chi connectivity index (χ0n) is 13.4. The van der Waals surface area contributed by atoms with Gasteiger partial charge in [-0.3, -0.25) is 9.41 Å². The van der Waals surface area contributed by atoms with Crippen LogP contribution in [0.4, 0.5) is 13.2 Å². The molecule has 2 N–H and O–H groups in total. The van der Waals surface area contributed by atoms with E-state index in [1.165, 1.54) is 4.40 Å². The summed E-state index contributed by atoms with van der Waals surface area (Å²) >= 11 is 1.60. The zero-order chi connectivity index (χ0) is 17.6. The summed E-state index contributed by atoms with van der Waals surface area (Å²) < 4.78 is 39.9. The molecule has 0 amide bonds. The summed E-state index contributed by atoms with van der Waals surface area (Å²) in [5.74, 6) is 1.46. The maximum Gasteiger partial charge on any atom is 0.433 e. The minimum absolute atomic E-state index is 0.203. The molecule has 6 nitrogen and oxygen atoms in total. The van der Waals surface area contributed by atoms with Crippen LogP contribution < -0.4 is 5.73 Å². The third-order valence-corrected chi connectivity index (χ3v) is 4.97. The SMILES string of the molecule is CCSC1=C(N)N(C)N(C)C1c1cn2cnc(C(F)(F)F)cc2n1. The number of thioether (sulfide) groups is 1. The number of hydrogen-bond acceptors (Lipinski definition) is 6. The van der Waals surface area contributed by atoms with Gasteiger partial charge in [0.1, 0.15) is 29.5 Å². The van der Waals surface area contributed by atoms with Crippen molar-refractivity contribution >= 4 is 17.4 Å². The maximum atomic E-state index is 12.8. The Bertz CT molecular complexity index is 799. The first-order valence-corrected chi connectivity index (χ1v) is 8.23. The number of fused-ring (bicyclic) bond motifs is 1. The molecule has 0 bridgehead atoms. The van der Waals surface area contributed by atoms with Crippen molar-refractivity contribution in [1.82, 2.24) is 24.4 Å². The minimum atomic E-state index is -4.49. The summed E-state index contributed by atoms with van der Waals surface area (Å²) in [6.45, 7) is 2.02. The van der Waals surface area contributed by atoms with E-state index in [0.717, 1.165) is 23.1 Å². The molecule has 10 heteroatoms. The number of hydrogen-bond donors (Lipinski definition) is 1. The second kappa shape index (κ2) is 5.85. The molecule has 1 unspecified atom stereocenters. The fourth-order valence-electron chi connectivity index (χ4n) is 2.64. The molecule has 24 heavy (non-hydrogen) atoms. The maximum absolute atomic E-state index is 12.8. The van der Waals surface area contributed by atoms with Gasteiger partial charge >= 0.3 is 6.18 Å². The molecule has 0 aromatic carbocycles.